The second-order valence-electron chi connectivity index (χ2n) is 5.51. The maximum Gasteiger partial charge on any atom is 0.244 e. The van der Waals surface area contributed by atoms with E-state index in [0.29, 0.717) is 5.56 Å². The molecule has 2 rings (SSSR count). The monoisotopic (exact) mass is 285 g/mol. The van der Waals surface area contributed by atoms with Crippen molar-refractivity contribution in [2.75, 3.05) is 7.11 Å². The molecular weight excluding hydrogens is 266 g/mol. The van der Waals surface area contributed by atoms with E-state index in [1.165, 1.54) is 19.2 Å². The van der Waals surface area contributed by atoms with Crippen molar-refractivity contribution in [2.24, 2.45) is 5.41 Å². The molecule has 1 fully saturated rings. The molecule has 0 heterocycles. The molecule has 0 amide bonds. The van der Waals surface area contributed by atoms with E-state index in [0.717, 1.165) is 6.42 Å². The normalized spacial score (nSPS) is 21.2. The molecule has 0 radical (unpaired) electrons. The summed E-state index contributed by atoms with van der Waals surface area (Å²) < 4.78 is 32.4. The van der Waals surface area contributed by atoms with Gasteiger partial charge in [0.1, 0.15) is 10.6 Å². The third-order valence-electron chi connectivity index (χ3n) is 3.51. The Labute approximate surface area is 113 Å². The number of aliphatic hydroxyl groups is 1. The Morgan fingerprint density at radius 3 is 2.58 bits per heavy atom. The van der Waals surface area contributed by atoms with Crippen LogP contribution in [0.15, 0.2) is 23.1 Å². The Morgan fingerprint density at radius 2 is 2.11 bits per heavy atom. The highest BCUT2D eigenvalue weighted by Gasteiger charge is 2.48. The molecule has 0 aliphatic heterocycles. The molecule has 106 valence electrons. The van der Waals surface area contributed by atoms with Crippen molar-refractivity contribution in [1.29, 1.82) is 0 Å². The molecule has 1 unspecified atom stereocenters. The highest BCUT2D eigenvalue weighted by molar-refractivity contribution is 7.89. The standard InChI is InChI=1S/C13H19NO4S/c1-13(2)7-12(13)14-19(16,17)11-5-4-9(8-15)6-10(11)18-3/h4-6,12,14-15H,7-8H2,1-3H3. The predicted molar refractivity (Wildman–Crippen MR) is 71.4 cm³/mol. The number of aliphatic hydroxyl groups excluding tert-OH is 1. The van der Waals surface area contributed by atoms with Gasteiger partial charge in [0.15, 0.2) is 0 Å². The van der Waals surface area contributed by atoms with Crippen molar-refractivity contribution in [3.63, 3.8) is 0 Å². The van der Waals surface area contributed by atoms with E-state index in [1.54, 1.807) is 6.07 Å². The van der Waals surface area contributed by atoms with Crippen molar-refractivity contribution in [1.82, 2.24) is 4.72 Å². The summed E-state index contributed by atoms with van der Waals surface area (Å²) >= 11 is 0. The van der Waals surface area contributed by atoms with E-state index >= 15 is 0 Å². The zero-order chi connectivity index (χ0) is 14.3. The molecule has 1 aromatic rings. The maximum atomic E-state index is 12.3. The minimum atomic E-state index is -3.59. The Morgan fingerprint density at radius 1 is 1.47 bits per heavy atom. The highest BCUT2D eigenvalue weighted by Crippen LogP contribution is 2.45. The molecule has 1 saturated carbocycles. The largest absolute Gasteiger partial charge is 0.495 e. The average Bonchev–Trinajstić information content (AvgIpc) is 2.94. The molecule has 5 nitrogen and oxygen atoms in total. The second-order valence-corrected chi connectivity index (χ2v) is 7.19. The first-order valence-electron chi connectivity index (χ1n) is 6.10. The van der Waals surface area contributed by atoms with E-state index in [2.05, 4.69) is 4.72 Å². The number of benzene rings is 1. The molecule has 2 N–H and O–H groups in total. The Bertz CT molecular complexity index is 580. The Hall–Kier alpha value is -1.11. The number of hydrogen-bond acceptors (Lipinski definition) is 4. The number of rotatable bonds is 5. The van der Waals surface area contributed by atoms with Gasteiger partial charge < -0.3 is 9.84 Å². The molecular formula is C13H19NO4S. The minimum Gasteiger partial charge on any atom is -0.495 e. The van der Waals surface area contributed by atoms with Crippen LogP contribution in [-0.2, 0) is 16.6 Å². The second kappa shape index (κ2) is 4.77. The van der Waals surface area contributed by atoms with Crippen LogP contribution >= 0.6 is 0 Å². The zero-order valence-corrected chi connectivity index (χ0v) is 12.1. The molecule has 1 aromatic carbocycles. The summed E-state index contributed by atoms with van der Waals surface area (Å²) in [5.41, 5.74) is 0.633. The third-order valence-corrected chi connectivity index (χ3v) is 5.02. The molecule has 0 spiro atoms. The molecule has 0 aromatic heterocycles. The molecule has 19 heavy (non-hydrogen) atoms. The lowest BCUT2D eigenvalue weighted by molar-refractivity contribution is 0.280. The molecule has 0 saturated heterocycles. The van der Waals surface area contributed by atoms with Crippen molar-refractivity contribution in [2.45, 2.75) is 37.8 Å². The molecule has 1 atom stereocenters. The molecule has 1 aliphatic rings. The number of ether oxygens (including phenoxy) is 1. The SMILES string of the molecule is COc1cc(CO)ccc1S(=O)(=O)NC1CC1(C)C. The van der Waals surface area contributed by atoms with Crippen LogP contribution < -0.4 is 9.46 Å². The van der Waals surface area contributed by atoms with E-state index < -0.39 is 10.0 Å². The summed E-state index contributed by atoms with van der Waals surface area (Å²) in [6, 6.07) is 4.55. The lowest BCUT2D eigenvalue weighted by atomic mass is 10.2. The maximum absolute atomic E-state index is 12.3. The fraction of sp³-hybridized carbons (Fsp3) is 0.538. The van der Waals surface area contributed by atoms with Gasteiger partial charge in [0.25, 0.3) is 0 Å². The van der Waals surface area contributed by atoms with Crippen LogP contribution in [0.2, 0.25) is 0 Å². The lowest BCUT2D eigenvalue weighted by Crippen LogP contribution is -2.28. The number of nitrogens with one attached hydrogen (secondary N) is 1. The summed E-state index contributed by atoms with van der Waals surface area (Å²) in [4.78, 5) is 0.106. The average molecular weight is 285 g/mol. The van der Waals surface area contributed by atoms with Crippen molar-refractivity contribution >= 4 is 10.0 Å². The van der Waals surface area contributed by atoms with Gasteiger partial charge in [-0.25, -0.2) is 13.1 Å². The van der Waals surface area contributed by atoms with Gasteiger partial charge in [-0.05, 0) is 29.5 Å². The van der Waals surface area contributed by atoms with Crippen LogP contribution in [-0.4, -0.2) is 26.7 Å². The number of methoxy groups -OCH3 is 1. The van der Waals surface area contributed by atoms with E-state index in [-0.39, 0.29) is 28.7 Å². The van der Waals surface area contributed by atoms with Gasteiger partial charge in [-0.15, -0.1) is 0 Å². The van der Waals surface area contributed by atoms with Gasteiger partial charge >= 0.3 is 0 Å². The highest BCUT2D eigenvalue weighted by atomic mass is 32.2. The number of sulfonamides is 1. The Kier molecular flexibility index (Phi) is 3.59. The number of hydrogen-bond donors (Lipinski definition) is 2. The fourth-order valence-corrected chi connectivity index (χ4v) is 3.51. The fourth-order valence-electron chi connectivity index (χ4n) is 1.95. The molecule has 1 aliphatic carbocycles. The minimum absolute atomic E-state index is 0.0192. The van der Waals surface area contributed by atoms with Crippen LogP contribution in [0.4, 0.5) is 0 Å². The van der Waals surface area contributed by atoms with E-state index in [9.17, 15) is 8.42 Å². The predicted octanol–water partition coefficient (Wildman–Crippen LogP) is 1.26. The van der Waals surface area contributed by atoms with Gasteiger partial charge in [0.05, 0.1) is 13.7 Å². The van der Waals surface area contributed by atoms with Gasteiger partial charge in [-0.2, -0.15) is 0 Å². The van der Waals surface area contributed by atoms with Gasteiger partial charge in [0, 0.05) is 6.04 Å². The molecule has 0 bridgehead atoms. The van der Waals surface area contributed by atoms with Crippen LogP contribution in [0.5, 0.6) is 5.75 Å². The van der Waals surface area contributed by atoms with Crippen molar-refractivity contribution in [3.8, 4) is 5.75 Å². The smallest absolute Gasteiger partial charge is 0.244 e. The topological polar surface area (TPSA) is 75.6 Å². The van der Waals surface area contributed by atoms with Crippen molar-refractivity contribution < 1.29 is 18.3 Å². The Balaban J connectivity index is 2.30. The first-order chi connectivity index (χ1) is 8.80. The van der Waals surface area contributed by atoms with Crippen molar-refractivity contribution in [3.05, 3.63) is 23.8 Å². The lowest BCUT2D eigenvalue weighted by Gasteiger charge is -2.12. The van der Waals surface area contributed by atoms with Crippen LogP contribution in [0.25, 0.3) is 0 Å². The van der Waals surface area contributed by atoms with E-state index in [1.807, 2.05) is 13.8 Å². The zero-order valence-electron chi connectivity index (χ0n) is 11.3. The summed E-state index contributed by atoms with van der Waals surface area (Å²) in [6.45, 7) is 3.89. The van der Waals surface area contributed by atoms with Crippen LogP contribution in [0.3, 0.4) is 0 Å². The first kappa shape index (κ1) is 14.3. The summed E-state index contributed by atoms with van der Waals surface area (Å²) in [7, 11) is -2.18. The molecule has 6 heteroatoms. The van der Waals surface area contributed by atoms with E-state index in [4.69, 9.17) is 9.84 Å². The van der Waals surface area contributed by atoms with Crippen LogP contribution in [0, 0.1) is 5.41 Å². The van der Waals surface area contributed by atoms with Crippen LogP contribution in [0.1, 0.15) is 25.8 Å². The summed E-state index contributed by atoms with van der Waals surface area (Å²) in [6.07, 6.45) is 0.837. The van der Waals surface area contributed by atoms with Gasteiger partial charge in [-0.3, -0.25) is 0 Å². The van der Waals surface area contributed by atoms with Gasteiger partial charge in [-0.1, -0.05) is 19.9 Å². The first-order valence-corrected chi connectivity index (χ1v) is 7.58. The third kappa shape index (κ3) is 2.91. The summed E-state index contributed by atoms with van der Waals surface area (Å²) in [5, 5.41) is 9.05. The quantitative estimate of drug-likeness (QED) is 0.854. The summed E-state index contributed by atoms with van der Waals surface area (Å²) in [5.74, 6) is 0.248. The van der Waals surface area contributed by atoms with Gasteiger partial charge in [0.2, 0.25) is 10.0 Å².